The van der Waals surface area contributed by atoms with Crippen LogP contribution in [0, 0.1) is 6.92 Å². The van der Waals surface area contributed by atoms with Gasteiger partial charge in [-0.2, -0.15) is 9.61 Å². The van der Waals surface area contributed by atoms with Crippen LogP contribution in [0.2, 0.25) is 0 Å². The van der Waals surface area contributed by atoms with Crippen LogP contribution in [0.15, 0.2) is 45.1 Å². The fraction of sp³-hybridized carbons (Fsp3) is 0.333. The number of fused-ring (bicyclic) bond motifs is 4. The molecule has 5 rings (SSSR count). The molecular formula is C21H21N7O2S2. The van der Waals surface area contributed by atoms with Crippen LogP contribution in [0.25, 0.3) is 21.6 Å². The summed E-state index contributed by atoms with van der Waals surface area (Å²) in [6.45, 7) is 4.58. The van der Waals surface area contributed by atoms with Gasteiger partial charge in [0.05, 0.1) is 16.6 Å². The summed E-state index contributed by atoms with van der Waals surface area (Å²) in [6, 6.07) is 9.02. The van der Waals surface area contributed by atoms with Crippen LogP contribution < -0.4 is 11.1 Å². The lowest BCUT2D eigenvalue weighted by atomic mass is 10.2. The average molecular weight is 468 g/mol. The number of hydrogen-bond donors (Lipinski definition) is 0. The van der Waals surface area contributed by atoms with Gasteiger partial charge in [-0.15, -0.1) is 10.2 Å². The van der Waals surface area contributed by atoms with E-state index in [2.05, 4.69) is 27.2 Å². The Hall–Kier alpha value is -3.05. The van der Waals surface area contributed by atoms with Gasteiger partial charge < -0.3 is 0 Å². The lowest BCUT2D eigenvalue weighted by molar-refractivity contribution is 0.594. The Bertz CT molecular complexity index is 1560. The highest BCUT2D eigenvalue weighted by Crippen LogP contribution is 2.24. The Balaban J connectivity index is 1.56. The first-order chi connectivity index (χ1) is 15.6. The molecule has 9 nitrogen and oxygen atoms in total. The summed E-state index contributed by atoms with van der Waals surface area (Å²) in [5.41, 5.74) is 1.18. The van der Waals surface area contributed by atoms with Crippen LogP contribution in [0.4, 0.5) is 0 Å². The summed E-state index contributed by atoms with van der Waals surface area (Å²) in [6.07, 6.45) is 3.02. The Morgan fingerprint density at radius 3 is 2.81 bits per heavy atom. The van der Waals surface area contributed by atoms with E-state index in [-0.39, 0.29) is 11.1 Å². The molecule has 0 spiro atoms. The lowest BCUT2D eigenvalue weighted by Gasteiger charge is -2.11. The SMILES string of the molecule is CCCCCn1c(=O)c2ccccc2n2c(SCc3cc(=O)n4nc(C)sc4n3)nnc12. The Labute approximate surface area is 190 Å². The van der Waals surface area contributed by atoms with Crippen molar-refractivity contribution in [2.45, 2.75) is 50.6 Å². The minimum Gasteiger partial charge on any atom is -0.276 e. The molecule has 5 aromatic rings. The van der Waals surface area contributed by atoms with Crippen molar-refractivity contribution in [1.29, 1.82) is 0 Å². The number of unbranched alkanes of at least 4 members (excludes halogenated alkanes) is 2. The van der Waals surface area contributed by atoms with Gasteiger partial charge in [0.1, 0.15) is 5.01 Å². The maximum Gasteiger partial charge on any atom is 0.275 e. The maximum atomic E-state index is 13.1. The average Bonchev–Trinajstić information content (AvgIpc) is 3.38. The van der Waals surface area contributed by atoms with Crippen molar-refractivity contribution < 1.29 is 0 Å². The van der Waals surface area contributed by atoms with Crippen LogP contribution >= 0.6 is 23.1 Å². The predicted octanol–water partition coefficient (Wildman–Crippen LogP) is 3.30. The molecule has 1 aromatic carbocycles. The molecule has 0 saturated heterocycles. The van der Waals surface area contributed by atoms with Gasteiger partial charge in [0.15, 0.2) is 5.16 Å². The summed E-state index contributed by atoms with van der Waals surface area (Å²) < 4.78 is 4.96. The highest BCUT2D eigenvalue weighted by Gasteiger charge is 2.17. The Kier molecular flexibility index (Phi) is 5.51. The van der Waals surface area contributed by atoms with Gasteiger partial charge in [-0.05, 0) is 25.5 Å². The molecule has 0 fully saturated rings. The van der Waals surface area contributed by atoms with E-state index in [0.29, 0.717) is 39.3 Å². The lowest BCUT2D eigenvalue weighted by Crippen LogP contribution is -2.23. The molecular weight excluding hydrogens is 446 g/mol. The van der Waals surface area contributed by atoms with Crippen LogP contribution in [0.3, 0.4) is 0 Å². The normalized spacial score (nSPS) is 11.8. The van der Waals surface area contributed by atoms with Gasteiger partial charge in [-0.1, -0.05) is 55.0 Å². The van der Waals surface area contributed by atoms with Crippen LogP contribution in [0.5, 0.6) is 0 Å². The van der Waals surface area contributed by atoms with E-state index in [1.165, 1.54) is 33.7 Å². The summed E-state index contributed by atoms with van der Waals surface area (Å²) in [7, 11) is 0. The van der Waals surface area contributed by atoms with Gasteiger partial charge in [0.2, 0.25) is 10.7 Å². The van der Waals surface area contributed by atoms with Crippen molar-refractivity contribution >= 4 is 44.7 Å². The van der Waals surface area contributed by atoms with E-state index >= 15 is 0 Å². The molecule has 0 atom stereocenters. The summed E-state index contributed by atoms with van der Waals surface area (Å²) in [5.74, 6) is 0.987. The number of rotatable bonds is 7. The minimum absolute atomic E-state index is 0.0474. The molecule has 0 bridgehead atoms. The topological polar surface area (TPSA) is 99.5 Å². The Morgan fingerprint density at radius 2 is 1.97 bits per heavy atom. The fourth-order valence-electron chi connectivity index (χ4n) is 3.71. The monoisotopic (exact) mass is 467 g/mol. The number of hydrogen-bond acceptors (Lipinski definition) is 8. The third-order valence-electron chi connectivity index (χ3n) is 5.21. The van der Waals surface area contributed by atoms with E-state index in [1.807, 2.05) is 35.6 Å². The number of benzene rings is 1. The number of aromatic nitrogens is 7. The molecule has 0 unspecified atom stereocenters. The first kappa shape index (κ1) is 20.8. The van der Waals surface area contributed by atoms with Crippen LogP contribution in [0.1, 0.15) is 36.9 Å². The zero-order chi connectivity index (χ0) is 22.2. The largest absolute Gasteiger partial charge is 0.276 e. The van der Waals surface area contributed by atoms with Gasteiger partial charge in [0, 0.05) is 18.4 Å². The van der Waals surface area contributed by atoms with Gasteiger partial charge in [-0.3, -0.25) is 18.6 Å². The van der Waals surface area contributed by atoms with E-state index in [0.717, 1.165) is 29.8 Å². The smallest absolute Gasteiger partial charge is 0.275 e. The first-order valence-corrected chi connectivity index (χ1v) is 12.2. The number of aryl methyl sites for hydroxylation is 2. The predicted molar refractivity (Wildman–Crippen MR) is 126 cm³/mol. The zero-order valence-electron chi connectivity index (χ0n) is 17.7. The molecule has 11 heteroatoms. The van der Waals surface area contributed by atoms with Crippen LogP contribution in [-0.4, -0.2) is 33.8 Å². The summed E-state index contributed by atoms with van der Waals surface area (Å²) in [5, 5.41) is 15.0. The van der Waals surface area contributed by atoms with E-state index in [1.54, 1.807) is 4.57 Å². The van der Waals surface area contributed by atoms with Crippen molar-refractivity contribution in [2.24, 2.45) is 0 Å². The quantitative estimate of drug-likeness (QED) is 0.267. The molecule has 0 amide bonds. The molecule has 0 saturated carbocycles. The minimum atomic E-state index is -0.198. The molecule has 0 aliphatic heterocycles. The summed E-state index contributed by atoms with van der Waals surface area (Å²) >= 11 is 2.82. The van der Waals surface area contributed by atoms with Crippen LogP contribution in [-0.2, 0) is 12.3 Å². The highest BCUT2D eigenvalue weighted by molar-refractivity contribution is 7.98. The molecule has 164 valence electrons. The zero-order valence-corrected chi connectivity index (χ0v) is 19.3. The van der Waals surface area contributed by atoms with Crippen molar-refractivity contribution in [3.63, 3.8) is 0 Å². The van der Waals surface area contributed by atoms with E-state index in [4.69, 9.17) is 0 Å². The standard InChI is InChI=1S/C21H21N7O2S2/c1-3-4-7-10-26-18(30)15-8-5-6-9-16(15)27-19(26)23-24-21(27)31-12-14-11-17(29)28-20(22-14)32-13(2)25-28/h5-6,8-9,11H,3-4,7,10,12H2,1-2H3. The molecule has 4 aromatic heterocycles. The van der Waals surface area contributed by atoms with Gasteiger partial charge in [0.25, 0.3) is 11.1 Å². The molecule has 0 aliphatic rings. The van der Waals surface area contributed by atoms with E-state index in [9.17, 15) is 9.59 Å². The van der Waals surface area contributed by atoms with Crippen molar-refractivity contribution in [3.05, 3.63) is 61.7 Å². The highest BCUT2D eigenvalue weighted by atomic mass is 32.2. The molecule has 32 heavy (non-hydrogen) atoms. The van der Waals surface area contributed by atoms with Crippen molar-refractivity contribution in [2.75, 3.05) is 0 Å². The number of para-hydroxylation sites is 1. The molecule has 0 aliphatic carbocycles. The first-order valence-electron chi connectivity index (χ1n) is 10.4. The Morgan fingerprint density at radius 1 is 1.12 bits per heavy atom. The summed E-state index contributed by atoms with van der Waals surface area (Å²) in [4.78, 5) is 30.6. The second-order valence-electron chi connectivity index (χ2n) is 7.49. The number of nitrogens with zero attached hydrogens (tertiary/aromatic N) is 7. The van der Waals surface area contributed by atoms with Gasteiger partial charge in [-0.25, -0.2) is 4.98 Å². The van der Waals surface area contributed by atoms with E-state index < -0.39 is 0 Å². The second-order valence-corrected chi connectivity index (χ2v) is 9.59. The van der Waals surface area contributed by atoms with Crippen molar-refractivity contribution in [3.8, 4) is 0 Å². The van der Waals surface area contributed by atoms with Gasteiger partial charge >= 0.3 is 0 Å². The maximum absolute atomic E-state index is 13.1. The molecule has 0 N–H and O–H groups in total. The molecule has 4 heterocycles. The number of thioether (sulfide) groups is 1. The second kappa shape index (κ2) is 8.47. The van der Waals surface area contributed by atoms with Crippen molar-refractivity contribution in [1.82, 2.24) is 33.8 Å². The third-order valence-corrected chi connectivity index (χ3v) is 7.00. The third kappa shape index (κ3) is 3.61. The molecule has 0 radical (unpaired) electrons. The fourth-order valence-corrected chi connectivity index (χ4v) is 5.31.